The molecule has 0 heterocycles. The van der Waals surface area contributed by atoms with Crippen LogP contribution in [0.2, 0.25) is 0 Å². The zero-order valence-corrected chi connectivity index (χ0v) is 11.8. The van der Waals surface area contributed by atoms with Crippen molar-refractivity contribution >= 4 is 21.4 Å². The second kappa shape index (κ2) is 5.42. The maximum absolute atomic E-state index is 12.4. The fraction of sp³-hybridized carbons (Fsp3) is 0.143. The molecule has 2 aromatic rings. The number of anilines is 2. The molecule has 0 atom stereocenters. The van der Waals surface area contributed by atoms with Gasteiger partial charge < -0.3 is 10.8 Å². The van der Waals surface area contributed by atoms with Gasteiger partial charge in [0, 0.05) is 11.8 Å². The van der Waals surface area contributed by atoms with Crippen LogP contribution in [0.4, 0.5) is 11.4 Å². The highest BCUT2D eigenvalue weighted by molar-refractivity contribution is 7.92. The van der Waals surface area contributed by atoms with E-state index in [0.717, 1.165) is 0 Å². The number of phenols is 1. The largest absolute Gasteiger partial charge is 0.508 e. The van der Waals surface area contributed by atoms with Gasteiger partial charge in [0.1, 0.15) is 5.75 Å². The van der Waals surface area contributed by atoms with Crippen LogP contribution < -0.4 is 10.5 Å². The van der Waals surface area contributed by atoms with Gasteiger partial charge in [-0.1, -0.05) is 19.1 Å². The Balaban J connectivity index is 2.43. The first kappa shape index (κ1) is 14.2. The number of rotatable bonds is 4. The van der Waals surface area contributed by atoms with E-state index in [2.05, 4.69) is 4.72 Å². The molecule has 0 aromatic heterocycles. The summed E-state index contributed by atoms with van der Waals surface area (Å²) in [6.07, 6.45) is 0.580. The van der Waals surface area contributed by atoms with E-state index >= 15 is 0 Å². The number of aryl methyl sites for hydroxylation is 1. The van der Waals surface area contributed by atoms with Gasteiger partial charge >= 0.3 is 0 Å². The summed E-state index contributed by atoms with van der Waals surface area (Å²) in [6, 6.07) is 10.7. The van der Waals surface area contributed by atoms with Crippen LogP contribution in [0.1, 0.15) is 12.5 Å². The van der Waals surface area contributed by atoms with Gasteiger partial charge in [-0.05, 0) is 36.2 Å². The maximum Gasteiger partial charge on any atom is 0.262 e. The molecule has 106 valence electrons. The summed E-state index contributed by atoms with van der Waals surface area (Å²) >= 11 is 0. The van der Waals surface area contributed by atoms with Gasteiger partial charge in [-0.2, -0.15) is 0 Å². The van der Waals surface area contributed by atoms with Crippen molar-refractivity contribution in [3.8, 4) is 5.75 Å². The van der Waals surface area contributed by atoms with Gasteiger partial charge in [-0.15, -0.1) is 0 Å². The van der Waals surface area contributed by atoms with Crippen LogP contribution in [0.5, 0.6) is 5.75 Å². The lowest BCUT2D eigenvalue weighted by Gasteiger charge is -2.12. The van der Waals surface area contributed by atoms with E-state index in [-0.39, 0.29) is 10.6 Å². The van der Waals surface area contributed by atoms with Crippen molar-refractivity contribution in [2.75, 3.05) is 10.5 Å². The summed E-state index contributed by atoms with van der Waals surface area (Å²) in [4.78, 5) is 0.156. The maximum atomic E-state index is 12.4. The Bertz CT molecular complexity index is 727. The SMILES string of the molecule is CCc1ccc(N)cc1S(=O)(=O)Nc1cccc(O)c1. The van der Waals surface area contributed by atoms with E-state index in [1.807, 2.05) is 6.92 Å². The third kappa shape index (κ3) is 3.03. The lowest BCUT2D eigenvalue weighted by atomic mass is 10.1. The van der Waals surface area contributed by atoms with Crippen LogP contribution in [0.15, 0.2) is 47.4 Å². The van der Waals surface area contributed by atoms with Crippen molar-refractivity contribution in [2.24, 2.45) is 0 Å². The molecule has 0 fully saturated rings. The first-order chi connectivity index (χ1) is 9.42. The third-order valence-corrected chi connectivity index (χ3v) is 4.32. The molecule has 0 aliphatic rings. The highest BCUT2D eigenvalue weighted by Gasteiger charge is 2.18. The Labute approximate surface area is 118 Å². The predicted molar refractivity (Wildman–Crippen MR) is 79.1 cm³/mol. The van der Waals surface area contributed by atoms with E-state index in [9.17, 15) is 13.5 Å². The molecule has 5 nitrogen and oxygen atoms in total. The minimum Gasteiger partial charge on any atom is -0.508 e. The average Bonchev–Trinajstić information content (AvgIpc) is 2.38. The number of hydrogen-bond acceptors (Lipinski definition) is 4. The summed E-state index contributed by atoms with van der Waals surface area (Å²) in [5.74, 6) is -0.00603. The molecule has 0 aliphatic heterocycles. The summed E-state index contributed by atoms with van der Waals surface area (Å²) < 4.78 is 27.2. The van der Waals surface area contributed by atoms with Crippen molar-refractivity contribution in [2.45, 2.75) is 18.2 Å². The van der Waals surface area contributed by atoms with Crippen molar-refractivity contribution in [1.29, 1.82) is 0 Å². The van der Waals surface area contributed by atoms with Crippen molar-refractivity contribution in [1.82, 2.24) is 0 Å². The summed E-state index contributed by atoms with van der Waals surface area (Å²) in [5.41, 5.74) is 7.04. The second-order valence-corrected chi connectivity index (χ2v) is 6.03. The predicted octanol–water partition coefficient (Wildman–Crippen LogP) is 2.34. The van der Waals surface area contributed by atoms with Crippen LogP contribution in [0, 0.1) is 0 Å². The standard InChI is InChI=1S/C14H16N2O3S/c1-2-10-6-7-11(15)8-14(10)20(18,19)16-12-4-3-5-13(17)9-12/h3-9,16-17H,2,15H2,1H3. The van der Waals surface area contributed by atoms with Crippen molar-refractivity contribution in [3.63, 3.8) is 0 Å². The van der Waals surface area contributed by atoms with Crippen LogP contribution in [-0.2, 0) is 16.4 Å². The minimum atomic E-state index is -3.74. The van der Waals surface area contributed by atoms with Gasteiger partial charge in [-0.3, -0.25) is 4.72 Å². The van der Waals surface area contributed by atoms with Crippen molar-refractivity contribution in [3.05, 3.63) is 48.0 Å². The highest BCUT2D eigenvalue weighted by atomic mass is 32.2. The van der Waals surface area contributed by atoms with Crippen LogP contribution in [0.3, 0.4) is 0 Å². The van der Waals surface area contributed by atoms with E-state index < -0.39 is 10.0 Å². The fourth-order valence-electron chi connectivity index (χ4n) is 1.89. The molecule has 20 heavy (non-hydrogen) atoms. The smallest absolute Gasteiger partial charge is 0.262 e. The van der Waals surface area contributed by atoms with E-state index in [0.29, 0.717) is 23.4 Å². The van der Waals surface area contributed by atoms with Gasteiger partial charge in [0.25, 0.3) is 10.0 Å². The molecule has 0 aliphatic carbocycles. The second-order valence-electron chi connectivity index (χ2n) is 4.38. The zero-order valence-electron chi connectivity index (χ0n) is 11.0. The molecular weight excluding hydrogens is 276 g/mol. The number of hydrogen-bond donors (Lipinski definition) is 3. The number of nitrogens with one attached hydrogen (secondary N) is 1. The number of nitrogens with two attached hydrogens (primary N) is 1. The Morgan fingerprint density at radius 2 is 1.95 bits per heavy atom. The van der Waals surface area contributed by atoms with Gasteiger partial charge in [-0.25, -0.2) is 8.42 Å². The molecule has 2 rings (SSSR count). The molecule has 0 unspecified atom stereocenters. The summed E-state index contributed by atoms with van der Waals surface area (Å²) in [7, 11) is -3.74. The Morgan fingerprint density at radius 3 is 2.60 bits per heavy atom. The Kier molecular flexibility index (Phi) is 3.85. The number of nitrogen functional groups attached to an aromatic ring is 1. The average molecular weight is 292 g/mol. The molecule has 0 saturated heterocycles. The first-order valence-corrected chi connectivity index (χ1v) is 7.61. The van der Waals surface area contributed by atoms with Crippen LogP contribution in [-0.4, -0.2) is 13.5 Å². The Morgan fingerprint density at radius 1 is 1.20 bits per heavy atom. The van der Waals surface area contributed by atoms with Gasteiger partial charge in [0.05, 0.1) is 10.6 Å². The number of benzene rings is 2. The molecule has 6 heteroatoms. The van der Waals surface area contributed by atoms with E-state index in [1.165, 1.54) is 18.2 Å². The molecule has 0 saturated carbocycles. The first-order valence-electron chi connectivity index (χ1n) is 6.12. The normalized spacial score (nSPS) is 11.2. The lowest BCUT2D eigenvalue weighted by molar-refractivity contribution is 0.475. The van der Waals surface area contributed by atoms with Gasteiger partial charge in [0.2, 0.25) is 0 Å². The third-order valence-electron chi connectivity index (χ3n) is 2.86. The van der Waals surface area contributed by atoms with Crippen molar-refractivity contribution < 1.29 is 13.5 Å². The molecule has 0 spiro atoms. The molecule has 4 N–H and O–H groups in total. The molecule has 0 radical (unpaired) electrons. The van der Waals surface area contributed by atoms with E-state index in [1.54, 1.807) is 24.3 Å². The van der Waals surface area contributed by atoms with E-state index in [4.69, 9.17) is 5.73 Å². The van der Waals surface area contributed by atoms with Crippen LogP contribution >= 0.6 is 0 Å². The molecule has 0 bridgehead atoms. The molecule has 2 aromatic carbocycles. The fourth-order valence-corrected chi connectivity index (χ4v) is 3.29. The minimum absolute atomic E-state index is 0.00603. The summed E-state index contributed by atoms with van der Waals surface area (Å²) in [6.45, 7) is 1.87. The topological polar surface area (TPSA) is 92.4 Å². The monoisotopic (exact) mass is 292 g/mol. The number of phenolic OH excluding ortho intramolecular Hbond substituents is 1. The van der Waals surface area contributed by atoms with Crippen LogP contribution in [0.25, 0.3) is 0 Å². The molecule has 0 amide bonds. The summed E-state index contributed by atoms with van der Waals surface area (Å²) in [5, 5.41) is 9.37. The Hall–Kier alpha value is -2.21. The highest BCUT2D eigenvalue weighted by Crippen LogP contribution is 2.24. The molecular formula is C14H16N2O3S. The lowest BCUT2D eigenvalue weighted by Crippen LogP contribution is -2.15. The number of sulfonamides is 1. The quantitative estimate of drug-likeness (QED) is 0.754. The number of aromatic hydroxyl groups is 1. The van der Waals surface area contributed by atoms with Gasteiger partial charge in [0.15, 0.2) is 0 Å². The zero-order chi connectivity index (χ0) is 14.8.